The summed E-state index contributed by atoms with van der Waals surface area (Å²) in [4.78, 5) is 10.8. The van der Waals surface area contributed by atoms with E-state index in [4.69, 9.17) is 9.05 Å². The molecule has 27 heavy (non-hydrogen) atoms. The third-order valence-electron chi connectivity index (χ3n) is 8.37. The molecular weight excluding hydrogens is 355 g/mol. The number of hydrogen-bond donors (Lipinski definition) is 1. The van der Waals surface area contributed by atoms with Gasteiger partial charge in [-0.2, -0.15) is 0 Å². The largest absolute Gasteiger partial charge is 0.330 e. The van der Waals surface area contributed by atoms with Crippen LogP contribution in [-0.4, -0.2) is 17.1 Å². The van der Waals surface area contributed by atoms with Crippen LogP contribution in [-0.2, 0) is 9.05 Å². The Hall–Kier alpha value is 0.310. The van der Waals surface area contributed by atoms with Gasteiger partial charge in [0, 0.05) is 0 Å². The first-order valence-electron chi connectivity index (χ1n) is 11.1. The Kier molecular flexibility index (Phi) is 6.14. The molecule has 7 unspecified atom stereocenters. The Morgan fingerprint density at radius 1 is 0.741 bits per heavy atom. The second-order valence-corrected chi connectivity index (χ2v) is 13.0. The lowest BCUT2D eigenvalue weighted by Crippen LogP contribution is -2.55. The SMILES string of the molecule is CC1C[C@@H](C(C)(C)C)C2OP(O)OC3C(C(C)(C)C)CC[C@@H](C)[C@H]3C2C1C. The Balaban J connectivity index is 2.06. The molecular formula is C23H43O3P. The summed E-state index contributed by atoms with van der Waals surface area (Å²) in [6, 6.07) is 0. The van der Waals surface area contributed by atoms with Crippen molar-refractivity contribution in [2.24, 2.45) is 52.3 Å². The summed E-state index contributed by atoms with van der Waals surface area (Å²) in [5.74, 6) is 3.82. The summed E-state index contributed by atoms with van der Waals surface area (Å²) in [6.45, 7) is 21.3. The van der Waals surface area contributed by atoms with Gasteiger partial charge in [-0.3, -0.25) is 0 Å². The summed E-state index contributed by atoms with van der Waals surface area (Å²) in [7, 11) is -1.81. The molecule has 1 saturated heterocycles. The fraction of sp³-hybridized carbons (Fsp3) is 1.00. The zero-order chi connectivity index (χ0) is 20.3. The van der Waals surface area contributed by atoms with Crippen molar-refractivity contribution in [3.63, 3.8) is 0 Å². The van der Waals surface area contributed by atoms with E-state index in [1.165, 1.54) is 19.3 Å². The first-order valence-corrected chi connectivity index (χ1v) is 12.3. The molecule has 0 aromatic heterocycles. The summed E-state index contributed by atoms with van der Waals surface area (Å²) in [6.07, 6.45) is 3.87. The van der Waals surface area contributed by atoms with Gasteiger partial charge in [0.25, 0.3) is 0 Å². The Morgan fingerprint density at radius 3 is 1.78 bits per heavy atom. The third kappa shape index (κ3) is 4.14. The fourth-order valence-corrected chi connectivity index (χ4v) is 7.59. The van der Waals surface area contributed by atoms with Crippen molar-refractivity contribution < 1.29 is 13.9 Å². The van der Waals surface area contributed by atoms with Gasteiger partial charge in [0.15, 0.2) is 0 Å². The Morgan fingerprint density at radius 2 is 1.26 bits per heavy atom. The number of rotatable bonds is 0. The van der Waals surface area contributed by atoms with Crippen LogP contribution in [0.25, 0.3) is 0 Å². The molecule has 0 spiro atoms. The molecule has 0 aromatic rings. The van der Waals surface area contributed by atoms with Gasteiger partial charge in [0.1, 0.15) is 0 Å². The second kappa shape index (κ2) is 7.53. The molecule has 0 radical (unpaired) electrons. The van der Waals surface area contributed by atoms with Gasteiger partial charge in [-0.05, 0) is 71.5 Å². The van der Waals surface area contributed by atoms with E-state index in [0.717, 1.165) is 0 Å². The van der Waals surface area contributed by atoms with Crippen LogP contribution in [0.5, 0.6) is 0 Å². The van der Waals surface area contributed by atoms with Crippen LogP contribution in [0.4, 0.5) is 0 Å². The molecule has 10 atom stereocenters. The molecule has 3 rings (SSSR count). The highest BCUT2D eigenvalue weighted by Gasteiger charge is 2.57. The van der Waals surface area contributed by atoms with Crippen LogP contribution in [0.2, 0.25) is 0 Å². The molecule has 1 N–H and O–H groups in total. The topological polar surface area (TPSA) is 38.7 Å². The van der Waals surface area contributed by atoms with Crippen LogP contribution in [0.15, 0.2) is 0 Å². The van der Waals surface area contributed by atoms with E-state index in [0.29, 0.717) is 41.4 Å². The lowest BCUT2D eigenvalue weighted by molar-refractivity contribution is -0.112. The predicted octanol–water partition coefficient (Wildman–Crippen LogP) is 6.65. The van der Waals surface area contributed by atoms with Gasteiger partial charge in [0.2, 0.25) is 0 Å². The molecule has 158 valence electrons. The van der Waals surface area contributed by atoms with Gasteiger partial charge in [-0.1, -0.05) is 62.3 Å². The van der Waals surface area contributed by atoms with Crippen molar-refractivity contribution in [3.8, 4) is 0 Å². The Bertz CT molecular complexity index is 523. The van der Waals surface area contributed by atoms with Gasteiger partial charge >= 0.3 is 8.60 Å². The second-order valence-electron chi connectivity index (χ2n) is 12.1. The number of fused-ring (bicyclic) bond motifs is 3. The molecule has 1 aliphatic heterocycles. The van der Waals surface area contributed by atoms with Crippen LogP contribution in [0.1, 0.15) is 81.6 Å². The first kappa shape index (κ1) is 22.0. The lowest BCUT2D eigenvalue weighted by Gasteiger charge is -2.55. The van der Waals surface area contributed by atoms with Gasteiger partial charge in [-0.15, -0.1) is 0 Å². The molecule has 0 bridgehead atoms. The standard InChI is InChI=1S/C23H43O3P/c1-13-10-11-16(22(4,5)6)20-18(13)19-15(3)14(2)12-17(23(7,8)9)21(19)26-27(24)25-20/h13-21,24H,10-12H2,1-9H3/t13-,14?,15?,16?,17-,18+,19?,20?,21?,27?/m1/s1. The monoisotopic (exact) mass is 398 g/mol. The molecule has 4 heteroatoms. The predicted molar refractivity (Wildman–Crippen MR) is 113 cm³/mol. The Labute approximate surface area is 169 Å². The summed E-state index contributed by atoms with van der Waals surface area (Å²) < 4.78 is 12.7. The molecule has 0 aromatic carbocycles. The van der Waals surface area contributed by atoms with Gasteiger partial charge in [0.05, 0.1) is 12.2 Å². The molecule has 2 aliphatic carbocycles. The zero-order valence-electron chi connectivity index (χ0n) is 19.0. The maximum Gasteiger partial charge on any atom is 0.330 e. The molecule has 3 aliphatic rings. The molecule has 0 amide bonds. The quantitative estimate of drug-likeness (QED) is 0.464. The third-order valence-corrected chi connectivity index (χ3v) is 9.21. The van der Waals surface area contributed by atoms with Gasteiger partial charge in [-0.25, -0.2) is 0 Å². The molecule has 1 heterocycles. The van der Waals surface area contributed by atoms with E-state index in [1.807, 2.05) is 0 Å². The summed E-state index contributed by atoms with van der Waals surface area (Å²) in [5.41, 5.74) is 0.362. The highest BCUT2D eigenvalue weighted by Crippen LogP contribution is 2.61. The average Bonchev–Trinajstić information content (AvgIpc) is 2.65. The molecule has 3 nitrogen and oxygen atoms in total. The van der Waals surface area contributed by atoms with Crippen LogP contribution in [0.3, 0.4) is 0 Å². The smallest absolute Gasteiger partial charge is 0.328 e. The fourth-order valence-electron chi connectivity index (χ4n) is 6.55. The van der Waals surface area contributed by atoms with Crippen molar-refractivity contribution in [1.82, 2.24) is 0 Å². The van der Waals surface area contributed by atoms with E-state index in [9.17, 15) is 4.89 Å². The van der Waals surface area contributed by atoms with E-state index in [1.54, 1.807) is 0 Å². The van der Waals surface area contributed by atoms with Crippen LogP contribution < -0.4 is 0 Å². The lowest BCUT2D eigenvalue weighted by atomic mass is 9.52. The van der Waals surface area contributed by atoms with Crippen molar-refractivity contribution in [2.75, 3.05) is 0 Å². The van der Waals surface area contributed by atoms with Crippen LogP contribution >= 0.6 is 8.60 Å². The maximum absolute atomic E-state index is 10.8. The normalized spacial score (nSPS) is 49.1. The zero-order valence-corrected chi connectivity index (χ0v) is 19.9. The van der Waals surface area contributed by atoms with E-state index < -0.39 is 8.60 Å². The van der Waals surface area contributed by atoms with Crippen molar-refractivity contribution in [1.29, 1.82) is 0 Å². The van der Waals surface area contributed by atoms with Crippen molar-refractivity contribution in [3.05, 3.63) is 0 Å². The average molecular weight is 399 g/mol. The minimum absolute atomic E-state index is 0.114. The highest BCUT2D eigenvalue weighted by atomic mass is 31.2. The maximum atomic E-state index is 10.8. The van der Waals surface area contributed by atoms with Crippen molar-refractivity contribution >= 4 is 8.60 Å². The van der Waals surface area contributed by atoms with Gasteiger partial charge < -0.3 is 13.9 Å². The van der Waals surface area contributed by atoms with E-state index in [2.05, 4.69) is 62.3 Å². The summed E-state index contributed by atoms with van der Waals surface area (Å²) >= 11 is 0. The molecule has 3 fully saturated rings. The summed E-state index contributed by atoms with van der Waals surface area (Å²) in [5, 5.41) is 0. The number of hydrogen-bond acceptors (Lipinski definition) is 3. The van der Waals surface area contributed by atoms with Crippen molar-refractivity contribution in [2.45, 2.75) is 93.8 Å². The van der Waals surface area contributed by atoms with E-state index >= 15 is 0 Å². The van der Waals surface area contributed by atoms with Crippen LogP contribution in [0, 0.1) is 52.3 Å². The van der Waals surface area contributed by atoms with E-state index in [-0.39, 0.29) is 23.0 Å². The highest BCUT2D eigenvalue weighted by molar-refractivity contribution is 7.40. The minimum atomic E-state index is -1.81. The molecule has 2 saturated carbocycles. The first-order chi connectivity index (χ1) is 12.3. The minimum Gasteiger partial charge on any atom is -0.328 e.